The minimum atomic E-state index is 0.922. The normalized spacial score (nSPS) is 12.7. The first-order chi connectivity index (χ1) is 28.3. The highest BCUT2D eigenvalue weighted by Crippen LogP contribution is 2.40. The van der Waals surface area contributed by atoms with Crippen LogP contribution in [0, 0.1) is 0 Å². The molecule has 0 saturated heterocycles. The monoisotopic (exact) mass is 728 g/mol. The van der Waals surface area contributed by atoms with Crippen LogP contribution in [0.1, 0.15) is 17.7 Å². The third-order valence-corrected chi connectivity index (χ3v) is 12.0. The maximum atomic E-state index is 6.39. The summed E-state index contributed by atoms with van der Waals surface area (Å²) < 4.78 is 11.3. The molecule has 0 fully saturated rings. The average Bonchev–Trinajstić information content (AvgIpc) is 3.94. The van der Waals surface area contributed by atoms with E-state index >= 15 is 0 Å². The minimum absolute atomic E-state index is 0.922. The molecule has 0 radical (unpaired) electrons. The molecule has 8 aromatic carbocycles. The van der Waals surface area contributed by atoms with Crippen LogP contribution in [-0.2, 0) is 6.42 Å². The van der Waals surface area contributed by atoms with Crippen molar-refractivity contribution in [3.63, 3.8) is 0 Å². The van der Waals surface area contributed by atoms with E-state index in [-0.39, 0.29) is 0 Å². The van der Waals surface area contributed by atoms with Crippen LogP contribution in [0.2, 0.25) is 0 Å². The van der Waals surface area contributed by atoms with Crippen LogP contribution in [0.3, 0.4) is 0 Å². The van der Waals surface area contributed by atoms with Gasteiger partial charge in [0.05, 0.1) is 16.6 Å². The van der Waals surface area contributed by atoms with Gasteiger partial charge < -0.3 is 13.6 Å². The van der Waals surface area contributed by atoms with Crippen molar-refractivity contribution < 1.29 is 4.42 Å². The highest BCUT2D eigenvalue weighted by atomic mass is 16.3. The van der Waals surface area contributed by atoms with Crippen LogP contribution in [0.5, 0.6) is 0 Å². The standard InChI is InChI=1S/C54H36N2O/c1-2-11-35(12-3-1)36-21-27-40(28-22-36)55-49-18-7-4-13-43(49)47-33-38(25-31-51(47)55)39-26-32-52-48(34-39)44-14-5-8-19-50(44)56(52)41-29-23-37(24-30-41)42-16-10-17-46-45-15-6-9-20-53(45)57-54(42)46/h1-7,9-18,20-34H,8,19H2. The maximum Gasteiger partial charge on any atom is 0.143 e. The van der Waals surface area contributed by atoms with Gasteiger partial charge in [-0.2, -0.15) is 0 Å². The Morgan fingerprint density at radius 1 is 0.404 bits per heavy atom. The molecule has 57 heavy (non-hydrogen) atoms. The van der Waals surface area contributed by atoms with Crippen molar-refractivity contribution >= 4 is 60.7 Å². The predicted octanol–water partition coefficient (Wildman–Crippen LogP) is 14.6. The summed E-state index contributed by atoms with van der Waals surface area (Å²) in [6.07, 6.45) is 6.70. The third kappa shape index (κ3) is 4.99. The summed E-state index contributed by atoms with van der Waals surface area (Å²) >= 11 is 0. The van der Waals surface area contributed by atoms with Crippen LogP contribution >= 0.6 is 0 Å². The number of hydrogen-bond acceptors (Lipinski definition) is 1. The van der Waals surface area contributed by atoms with Crippen LogP contribution in [0.4, 0.5) is 0 Å². The summed E-state index contributed by atoms with van der Waals surface area (Å²) in [7, 11) is 0. The summed E-state index contributed by atoms with van der Waals surface area (Å²) in [4.78, 5) is 0. The smallest absolute Gasteiger partial charge is 0.143 e. The molecule has 3 heterocycles. The fourth-order valence-electron chi connectivity index (χ4n) is 9.32. The first-order valence-corrected chi connectivity index (χ1v) is 19.8. The second kappa shape index (κ2) is 12.6. The van der Waals surface area contributed by atoms with Gasteiger partial charge in [0, 0.05) is 55.1 Å². The summed E-state index contributed by atoms with van der Waals surface area (Å²) in [6, 6.07) is 66.1. The average molecular weight is 729 g/mol. The Hall–Kier alpha value is -7.36. The van der Waals surface area contributed by atoms with Crippen LogP contribution in [0.25, 0.3) is 105 Å². The van der Waals surface area contributed by atoms with Gasteiger partial charge in [-0.25, -0.2) is 0 Å². The van der Waals surface area contributed by atoms with E-state index < -0.39 is 0 Å². The first kappa shape index (κ1) is 31.9. The zero-order valence-electron chi connectivity index (χ0n) is 31.2. The Morgan fingerprint density at radius 3 is 1.81 bits per heavy atom. The Labute approximate surface area is 330 Å². The second-order valence-corrected chi connectivity index (χ2v) is 15.2. The molecular formula is C54H36N2O. The SMILES string of the molecule is C1=Cc2c(n(-c3ccc(-c4cccc5c4oc4ccccc45)cc3)c3ccc(-c4ccc5c(c4)c4ccccc4n5-c4ccc(-c5ccccc5)cc4)cc23)CC1. The number of fused-ring (bicyclic) bond motifs is 9. The summed E-state index contributed by atoms with van der Waals surface area (Å²) in [6.45, 7) is 0. The van der Waals surface area contributed by atoms with Crippen molar-refractivity contribution in [1.29, 1.82) is 0 Å². The number of para-hydroxylation sites is 3. The van der Waals surface area contributed by atoms with Gasteiger partial charge in [-0.1, -0.05) is 133 Å². The van der Waals surface area contributed by atoms with E-state index in [9.17, 15) is 0 Å². The molecule has 1 aliphatic carbocycles. The lowest BCUT2D eigenvalue weighted by Crippen LogP contribution is -2.02. The van der Waals surface area contributed by atoms with Crippen LogP contribution in [-0.4, -0.2) is 9.13 Å². The van der Waals surface area contributed by atoms with E-state index in [4.69, 9.17) is 4.42 Å². The number of allylic oxidation sites excluding steroid dienone is 1. The number of aromatic nitrogens is 2. The minimum Gasteiger partial charge on any atom is -0.455 e. The number of hydrogen-bond donors (Lipinski definition) is 0. The fourth-order valence-corrected chi connectivity index (χ4v) is 9.32. The van der Waals surface area contributed by atoms with Crippen molar-refractivity contribution in [1.82, 2.24) is 9.13 Å². The van der Waals surface area contributed by atoms with Crippen molar-refractivity contribution in [2.24, 2.45) is 0 Å². The summed E-state index contributed by atoms with van der Waals surface area (Å²) in [5, 5.41) is 6.11. The van der Waals surface area contributed by atoms with Crippen LogP contribution in [0.15, 0.2) is 192 Å². The van der Waals surface area contributed by atoms with Gasteiger partial charge >= 0.3 is 0 Å². The molecule has 0 N–H and O–H groups in total. The Kier molecular flexibility index (Phi) is 7.05. The van der Waals surface area contributed by atoms with Gasteiger partial charge in [-0.05, 0) is 101 Å². The molecule has 0 saturated carbocycles. The van der Waals surface area contributed by atoms with Crippen molar-refractivity contribution in [2.45, 2.75) is 12.8 Å². The van der Waals surface area contributed by atoms with Crippen molar-refractivity contribution in [2.75, 3.05) is 0 Å². The maximum absolute atomic E-state index is 6.39. The highest BCUT2D eigenvalue weighted by Gasteiger charge is 2.21. The molecule has 0 atom stereocenters. The Balaban J connectivity index is 0.940. The van der Waals surface area contributed by atoms with E-state index in [0.29, 0.717) is 0 Å². The van der Waals surface area contributed by atoms with E-state index in [1.165, 1.54) is 71.9 Å². The second-order valence-electron chi connectivity index (χ2n) is 15.2. The molecular weight excluding hydrogens is 693 g/mol. The molecule has 0 unspecified atom stereocenters. The highest BCUT2D eigenvalue weighted by molar-refractivity contribution is 6.11. The van der Waals surface area contributed by atoms with Gasteiger partial charge in [-0.15, -0.1) is 0 Å². The molecule has 12 rings (SSSR count). The molecule has 3 aromatic heterocycles. The molecule has 0 aliphatic heterocycles. The number of nitrogens with zero attached hydrogens (tertiary/aromatic N) is 2. The lowest BCUT2D eigenvalue weighted by Gasteiger charge is -2.14. The van der Waals surface area contributed by atoms with Gasteiger partial charge in [-0.3, -0.25) is 0 Å². The molecule has 3 nitrogen and oxygen atoms in total. The first-order valence-electron chi connectivity index (χ1n) is 19.8. The molecule has 0 spiro atoms. The Bertz CT molecular complexity index is 3370. The fraction of sp³-hybridized carbons (Fsp3) is 0.0370. The van der Waals surface area contributed by atoms with Gasteiger partial charge in [0.2, 0.25) is 0 Å². The van der Waals surface area contributed by atoms with Gasteiger partial charge in [0.15, 0.2) is 0 Å². The topological polar surface area (TPSA) is 23.0 Å². The van der Waals surface area contributed by atoms with E-state index in [1.54, 1.807) is 0 Å². The van der Waals surface area contributed by atoms with Gasteiger partial charge in [0.25, 0.3) is 0 Å². The molecule has 0 amide bonds. The van der Waals surface area contributed by atoms with E-state index in [2.05, 4.69) is 191 Å². The zero-order chi connectivity index (χ0) is 37.5. The van der Waals surface area contributed by atoms with Gasteiger partial charge in [0.1, 0.15) is 11.2 Å². The quantitative estimate of drug-likeness (QED) is 0.173. The van der Waals surface area contributed by atoms with E-state index in [1.807, 2.05) is 12.1 Å². The van der Waals surface area contributed by atoms with Crippen LogP contribution < -0.4 is 0 Å². The molecule has 1 aliphatic rings. The zero-order valence-corrected chi connectivity index (χ0v) is 31.2. The molecule has 0 bridgehead atoms. The van der Waals surface area contributed by atoms with Crippen molar-refractivity contribution in [3.05, 3.63) is 199 Å². The lowest BCUT2D eigenvalue weighted by molar-refractivity contribution is 0.670. The predicted molar refractivity (Wildman–Crippen MR) is 239 cm³/mol. The third-order valence-electron chi connectivity index (χ3n) is 12.0. The number of benzene rings is 8. The molecule has 268 valence electrons. The number of furan rings is 1. The molecule has 3 heteroatoms. The van der Waals surface area contributed by atoms with E-state index in [0.717, 1.165) is 51.6 Å². The summed E-state index contributed by atoms with van der Waals surface area (Å²) in [5.74, 6) is 0. The molecule has 11 aromatic rings. The summed E-state index contributed by atoms with van der Waals surface area (Å²) in [5.41, 5.74) is 17.7. The van der Waals surface area contributed by atoms with Crippen molar-refractivity contribution in [3.8, 4) is 44.8 Å². The number of rotatable bonds is 5. The Morgan fingerprint density at radius 2 is 1.00 bits per heavy atom. The largest absolute Gasteiger partial charge is 0.455 e. The lowest BCUT2D eigenvalue weighted by atomic mass is 9.98.